The Kier molecular flexibility index (Phi) is 4.18. The van der Waals surface area contributed by atoms with Gasteiger partial charge >= 0.3 is 0 Å². The van der Waals surface area contributed by atoms with Crippen molar-refractivity contribution in [2.24, 2.45) is 0 Å². The smallest absolute Gasteiger partial charge is 0.216 e. The van der Waals surface area contributed by atoms with Crippen molar-refractivity contribution in [2.75, 3.05) is 6.54 Å². The molecule has 0 bridgehead atoms. The van der Waals surface area contributed by atoms with Crippen LogP contribution in [0.5, 0.6) is 0 Å². The molecule has 0 aromatic rings. The maximum Gasteiger partial charge on any atom is 0.216 e. The Morgan fingerprint density at radius 3 is 2.38 bits per heavy atom. The van der Waals surface area contributed by atoms with E-state index >= 15 is 0 Å². The highest BCUT2D eigenvalue weighted by Gasteiger charge is 1.93. The van der Waals surface area contributed by atoms with Crippen LogP contribution in [-0.4, -0.2) is 17.0 Å². The maximum absolute atomic E-state index is 10.2. The van der Waals surface area contributed by atoms with E-state index in [2.05, 4.69) is 30.6 Å². The van der Waals surface area contributed by atoms with Crippen LogP contribution in [0.15, 0.2) is 0 Å². The number of amides is 1. The van der Waals surface area contributed by atoms with E-state index < -0.39 is 0 Å². The van der Waals surface area contributed by atoms with Crippen LogP contribution in [-0.2, 0) is 4.79 Å². The molecule has 8 heavy (non-hydrogen) atoms. The number of hydrogen-bond acceptors (Lipinski definition) is 3. The molecule has 4 heteroatoms. The topological polar surface area (TPSA) is 29.1 Å². The van der Waals surface area contributed by atoms with Gasteiger partial charge in [-0.1, -0.05) is 0 Å². The summed E-state index contributed by atoms with van der Waals surface area (Å²) in [7, 11) is 0. The summed E-state index contributed by atoms with van der Waals surface area (Å²) in [5, 5.41) is 2.55. The van der Waals surface area contributed by atoms with Gasteiger partial charge in [-0.15, -0.1) is 0 Å². The minimum absolute atomic E-state index is 0.0434. The summed E-state index contributed by atoms with van der Waals surface area (Å²) >= 11 is 7.84. The standard InChI is InChI=1S/C4H9NOS2/c1-3(6)5-2-4(7)8/h4,7-8H,2H2,1H3,(H,5,6). The molecule has 0 saturated heterocycles. The number of nitrogens with one attached hydrogen (secondary N) is 1. The van der Waals surface area contributed by atoms with Gasteiger partial charge in [0.05, 0.1) is 4.58 Å². The minimum Gasteiger partial charge on any atom is -0.354 e. The lowest BCUT2D eigenvalue weighted by Gasteiger charge is -2.01. The van der Waals surface area contributed by atoms with E-state index in [1.165, 1.54) is 6.92 Å². The molecule has 0 unspecified atom stereocenters. The number of carbonyl (C=O) groups is 1. The summed E-state index contributed by atoms with van der Waals surface area (Å²) in [4.78, 5) is 10.2. The molecule has 0 saturated carbocycles. The van der Waals surface area contributed by atoms with Crippen molar-refractivity contribution in [1.82, 2.24) is 5.32 Å². The van der Waals surface area contributed by atoms with Crippen LogP contribution in [0.25, 0.3) is 0 Å². The first kappa shape index (κ1) is 8.17. The summed E-state index contributed by atoms with van der Waals surface area (Å²) in [5.74, 6) is -0.0434. The third-order valence-electron chi connectivity index (χ3n) is 0.534. The van der Waals surface area contributed by atoms with Crippen LogP contribution in [0.3, 0.4) is 0 Å². The van der Waals surface area contributed by atoms with Gasteiger partial charge in [-0.3, -0.25) is 4.79 Å². The van der Waals surface area contributed by atoms with E-state index in [0.717, 1.165) is 0 Å². The highest BCUT2D eigenvalue weighted by atomic mass is 32.2. The van der Waals surface area contributed by atoms with Crippen molar-refractivity contribution in [2.45, 2.75) is 11.5 Å². The van der Waals surface area contributed by atoms with Gasteiger partial charge in [-0.05, 0) is 0 Å². The average molecular weight is 151 g/mol. The van der Waals surface area contributed by atoms with Gasteiger partial charge in [0.25, 0.3) is 0 Å². The number of thiol groups is 2. The normalized spacial score (nSPS) is 9.50. The van der Waals surface area contributed by atoms with Crippen molar-refractivity contribution < 1.29 is 4.79 Å². The molecule has 0 aromatic carbocycles. The molecule has 0 fully saturated rings. The molecule has 0 aliphatic rings. The van der Waals surface area contributed by atoms with Gasteiger partial charge in [0.1, 0.15) is 0 Å². The first-order chi connectivity index (χ1) is 3.63. The zero-order valence-electron chi connectivity index (χ0n) is 4.59. The first-order valence-corrected chi connectivity index (χ1v) is 3.27. The van der Waals surface area contributed by atoms with Crippen molar-refractivity contribution in [3.8, 4) is 0 Å². The molecule has 0 rings (SSSR count). The molecule has 2 nitrogen and oxygen atoms in total. The van der Waals surface area contributed by atoms with Gasteiger partial charge in [0.2, 0.25) is 5.91 Å². The minimum atomic E-state index is -0.0566. The number of carbonyl (C=O) groups excluding carboxylic acids is 1. The second-order valence-electron chi connectivity index (χ2n) is 1.42. The monoisotopic (exact) mass is 151 g/mol. The van der Waals surface area contributed by atoms with E-state index in [1.54, 1.807) is 0 Å². The molecule has 0 aromatic heterocycles. The third-order valence-corrected chi connectivity index (χ3v) is 0.899. The molecule has 0 atom stereocenters. The zero-order chi connectivity index (χ0) is 6.57. The van der Waals surface area contributed by atoms with Crippen LogP contribution >= 0.6 is 25.3 Å². The molecule has 0 spiro atoms. The number of rotatable bonds is 2. The van der Waals surface area contributed by atoms with Crippen LogP contribution in [0.1, 0.15) is 6.92 Å². The van der Waals surface area contributed by atoms with Gasteiger partial charge < -0.3 is 5.32 Å². The summed E-state index contributed by atoms with van der Waals surface area (Å²) in [6.45, 7) is 1.98. The average Bonchev–Trinajstić information content (AvgIpc) is 1.61. The largest absolute Gasteiger partial charge is 0.354 e. The van der Waals surface area contributed by atoms with Crippen molar-refractivity contribution in [1.29, 1.82) is 0 Å². The Hall–Kier alpha value is 0.170. The van der Waals surface area contributed by atoms with E-state index in [-0.39, 0.29) is 10.5 Å². The van der Waals surface area contributed by atoms with Crippen LogP contribution in [0, 0.1) is 0 Å². The van der Waals surface area contributed by atoms with Gasteiger partial charge in [0, 0.05) is 13.5 Å². The Morgan fingerprint density at radius 2 is 2.25 bits per heavy atom. The maximum atomic E-state index is 10.2. The third kappa shape index (κ3) is 6.17. The van der Waals surface area contributed by atoms with Gasteiger partial charge in [-0.2, -0.15) is 25.3 Å². The van der Waals surface area contributed by atoms with Crippen LogP contribution in [0.2, 0.25) is 0 Å². The summed E-state index contributed by atoms with van der Waals surface area (Å²) in [6.07, 6.45) is 0. The molecule has 1 N–H and O–H groups in total. The van der Waals surface area contributed by atoms with Crippen LogP contribution < -0.4 is 5.32 Å². The lowest BCUT2D eigenvalue weighted by Crippen LogP contribution is -2.24. The highest BCUT2D eigenvalue weighted by Crippen LogP contribution is 1.95. The quantitative estimate of drug-likeness (QED) is 0.385. The first-order valence-electron chi connectivity index (χ1n) is 2.23. The predicted molar refractivity (Wildman–Crippen MR) is 40.4 cm³/mol. The fraction of sp³-hybridized carbons (Fsp3) is 0.750. The van der Waals surface area contributed by atoms with Crippen molar-refractivity contribution >= 4 is 31.2 Å². The molecule has 0 heterocycles. The lowest BCUT2D eigenvalue weighted by atomic mass is 10.6. The fourth-order valence-electron chi connectivity index (χ4n) is 0.235. The van der Waals surface area contributed by atoms with E-state index in [1.807, 2.05) is 0 Å². The summed E-state index contributed by atoms with van der Waals surface area (Å²) in [6, 6.07) is 0. The predicted octanol–water partition coefficient (Wildman–Crippen LogP) is 0.308. The van der Waals surface area contributed by atoms with Crippen molar-refractivity contribution in [3.05, 3.63) is 0 Å². The molecule has 0 aliphatic carbocycles. The molecule has 1 amide bonds. The van der Waals surface area contributed by atoms with Gasteiger partial charge in [0.15, 0.2) is 0 Å². The van der Waals surface area contributed by atoms with Gasteiger partial charge in [-0.25, -0.2) is 0 Å². The Bertz CT molecular complexity index is 84.1. The second-order valence-corrected chi connectivity index (χ2v) is 3.07. The summed E-state index contributed by atoms with van der Waals surface area (Å²) in [5.41, 5.74) is 0. The van der Waals surface area contributed by atoms with E-state index in [4.69, 9.17) is 0 Å². The van der Waals surface area contributed by atoms with Crippen molar-refractivity contribution in [3.63, 3.8) is 0 Å². The lowest BCUT2D eigenvalue weighted by molar-refractivity contribution is -0.118. The number of hydrogen-bond donors (Lipinski definition) is 3. The molecule has 0 radical (unpaired) electrons. The van der Waals surface area contributed by atoms with E-state index in [9.17, 15) is 4.79 Å². The molecule has 48 valence electrons. The van der Waals surface area contributed by atoms with Crippen LogP contribution in [0.4, 0.5) is 0 Å². The Balaban J connectivity index is 3.05. The van der Waals surface area contributed by atoms with E-state index in [0.29, 0.717) is 6.54 Å². The molecule has 0 aliphatic heterocycles. The second kappa shape index (κ2) is 4.09. The Labute approximate surface area is 59.9 Å². The molecular formula is C4H9NOS2. The Morgan fingerprint density at radius 1 is 1.75 bits per heavy atom. The SMILES string of the molecule is CC(=O)NCC(S)S. The summed E-state index contributed by atoms with van der Waals surface area (Å²) < 4.78 is -0.0566. The zero-order valence-corrected chi connectivity index (χ0v) is 6.38. The highest BCUT2D eigenvalue weighted by molar-refractivity contribution is 7.99. The fourth-order valence-corrected chi connectivity index (χ4v) is 0.418. The molecular weight excluding hydrogens is 142 g/mol.